The van der Waals surface area contributed by atoms with E-state index in [1.54, 1.807) is 6.92 Å². The smallest absolute Gasteiger partial charge is 0.407 e. The van der Waals surface area contributed by atoms with Crippen molar-refractivity contribution >= 4 is 12.0 Å². The molecule has 1 rings (SSSR count). The van der Waals surface area contributed by atoms with E-state index in [4.69, 9.17) is 4.74 Å². The van der Waals surface area contributed by atoms with Crippen molar-refractivity contribution in [3.8, 4) is 0 Å². The molecule has 0 aliphatic heterocycles. The second-order valence-corrected chi connectivity index (χ2v) is 6.30. The van der Waals surface area contributed by atoms with Crippen LogP contribution in [-0.4, -0.2) is 30.2 Å². The van der Waals surface area contributed by atoms with Gasteiger partial charge in [-0.05, 0) is 52.4 Å². The van der Waals surface area contributed by atoms with E-state index in [9.17, 15) is 9.59 Å². The number of carbonyl (C=O) groups is 2. The highest BCUT2D eigenvalue weighted by atomic mass is 16.6. The van der Waals surface area contributed by atoms with E-state index in [-0.39, 0.29) is 12.0 Å². The van der Waals surface area contributed by atoms with Crippen LogP contribution in [0.1, 0.15) is 53.4 Å². The lowest BCUT2D eigenvalue weighted by Gasteiger charge is -2.29. The molecule has 5 heteroatoms. The average Bonchev–Trinajstić information content (AvgIpc) is 2.25. The summed E-state index contributed by atoms with van der Waals surface area (Å²) in [4.78, 5) is 22.5. The van der Waals surface area contributed by atoms with Crippen LogP contribution in [0.3, 0.4) is 0 Å². The fourth-order valence-corrected chi connectivity index (χ4v) is 2.34. The van der Waals surface area contributed by atoms with Gasteiger partial charge in [0.2, 0.25) is 5.91 Å². The SMILES string of the molecule is CC(=O)N[C@H]1CC[C@H](CNC(=O)OC(C)(C)C)CC1. The van der Waals surface area contributed by atoms with Crippen LogP contribution in [0.4, 0.5) is 4.79 Å². The maximum Gasteiger partial charge on any atom is 0.407 e. The first-order valence-corrected chi connectivity index (χ1v) is 7.00. The number of carbonyl (C=O) groups excluding carboxylic acids is 2. The summed E-state index contributed by atoms with van der Waals surface area (Å²) in [5.41, 5.74) is -0.451. The Kier molecular flexibility index (Phi) is 5.63. The van der Waals surface area contributed by atoms with E-state index in [1.165, 1.54) is 0 Å². The molecule has 0 aromatic heterocycles. The van der Waals surface area contributed by atoms with Crippen LogP contribution in [0.25, 0.3) is 0 Å². The van der Waals surface area contributed by atoms with Gasteiger partial charge in [-0.3, -0.25) is 4.79 Å². The Labute approximate surface area is 115 Å². The molecule has 0 radical (unpaired) electrons. The molecule has 110 valence electrons. The van der Waals surface area contributed by atoms with Gasteiger partial charge in [0.1, 0.15) is 5.60 Å². The van der Waals surface area contributed by atoms with Gasteiger partial charge >= 0.3 is 6.09 Å². The van der Waals surface area contributed by atoms with Gasteiger partial charge in [-0.2, -0.15) is 0 Å². The van der Waals surface area contributed by atoms with Crippen molar-refractivity contribution in [1.82, 2.24) is 10.6 Å². The molecule has 1 aliphatic rings. The molecule has 0 atom stereocenters. The predicted molar refractivity (Wildman–Crippen MR) is 73.8 cm³/mol. The number of nitrogens with one attached hydrogen (secondary N) is 2. The van der Waals surface area contributed by atoms with E-state index >= 15 is 0 Å². The zero-order valence-electron chi connectivity index (χ0n) is 12.4. The minimum atomic E-state index is -0.451. The molecule has 1 saturated carbocycles. The maximum absolute atomic E-state index is 11.5. The van der Waals surface area contributed by atoms with Crippen LogP contribution in [0.5, 0.6) is 0 Å². The summed E-state index contributed by atoms with van der Waals surface area (Å²) in [6, 6.07) is 0.301. The molecular weight excluding hydrogens is 244 g/mol. The van der Waals surface area contributed by atoms with Gasteiger partial charge in [-0.1, -0.05) is 0 Å². The number of rotatable bonds is 3. The lowest BCUT2D eigenvalue weighted by Crippen LogP contribution is -2.39. The highest BCUT2D eigenvalue weighted by Crippen LogP contribution is 2.23. The monoisotopic (exact) mass is 270 g/mol. The molecular formula is C14H26N2O3. The Morgan fingerprint density at radius 2 is 1.74 bits per heavy atom. The largest absolute Gasteiger partial charge is 0.444 e. The molecule has 2 N–H and O–H groups in total. The number of ether oxygens (including phenoxy) is 1. The fraction of sp³-hybridized carbons (Fsp3) is 0.857. The van der Waals surface area contributed by atoms with Gasteiger partial charge in [-0.15, -0.1) is 0 Å². The standard InChI is InChI=1S/C14H26N2O3/c1-10(17)16-12-7-5-11(6-8-12)9-15-13(18)19-14(2,3)4/h11-12H,5-9H2,1-4H3,(H,15,18)(H,16,17)/t11-,12-. The zero-order chi connectivity index (χ0) is 14.5. The Hall–Kier alpha value is -1.26. The number of hydrogen-bond acceptors (Lipinski definition) is 3. The van der Waals surface area contributed by atoms with Crippen LogP contribution in [0.2, 0.25) is 0 Å². The van der Waals surface area contributed by atoms with Gasteiger partial charge in [0.05, 0.1) is 0 Å². The first kappa shape index (κ1) is 15.8. The van der Waals surface area contributed by atoms with E-state index in [1.807, 2.05) is 20.8 Å². The normalized spacial score (nSPS) is 23.6. The van der Waals surface area contributed by atoms with E-state index < -0.39 is 5.60 Å². The van der Waals surface area contributed by atoms with Crippen molar-refractivity contribution < 1.29 is 14.3 Å². The van der Waals surface area contributed by atoms with Gasteiger partial charge in [0, 0.05) is 19.5 Å². The molecule has 2 amide bonds. The third-order valence-corrected chi connectivity index (χ3v) is 3.19. The molecule has 0 heterocycles. The zero-order valence-corrected chi connectivity index (χ0v) is 12.4. The molecule has 0 spiro atoms. The van der Waals surface area contributed by atoms with Crippen molar-refractivity contribution in [3.63, 3.8) is 0 Å². The molecule has 19 heavy (non-hydrogen) atoms. The third-order valence-electron chi connectivity index (χ3n) is 3.19. The lowest BCUT2D eigenvalue weighted by molar-refractivity contribution is -0.119. The summed E-state index contributed by atoms with van der Waals surface area (Å²) in [5, 5.41) is 5.76. The van der Waals surface area contributed by atoms with E-state index in [2.05, 4.69) is 10.6 Å². The van der Waals surface area contributed by atoms with Crippen LogP contribution < -0.4 is 10.6 Å². The Morgan fingerprint density at radius 3 is 2.21 bits per heavy atom. The summed E-state index contributed by atoms with van der Waals surface area (Å²) in [7, 11) is 0. The molecule has 1 fully saturated rings. The van der Waals surface area contributed by atoms with Crippen molar-refractivity contribution in [2.75, 3.05) is 6.54 Å². The third kappa shape index (κ3) is 7.03. The molecule has 0 aromatic rings. The molecule has 0 bridgehead atoms. The number of alkyl carbamates (subject to hydrolysis) is 1. The number of hydrogen-bond donors (Lipinski definition) is 2. The summed E-state index contributed by atoms with van der Waals surface area (Å²) < 4.78 is 5.20. The lowest BCUT2D eigenvalue weighted by atomic mass is 9.86. The molecule has 0 unspecified atom stereocenters. The summed E-state index contributed by atoms with van der Waals surface area (Å²) in [6.07, 6.45) is 3.68. The predicted octanol–water partition coefficient (Wildman–Crippen LogP) is 2.21. The van der Waals surface area contributed by atoms with E-state index in [0.29, 0.717) is 18.5 Å². The molecule has 5 nitrogen and oxygen atoms in total. The minimum Gasteiger partial charge on any atom is -0.444 e. The van der Waals surface area contributed by atoms with Gasteiger partial charge in [0.25, 0.3) is 0 Å². The Morgan fingerprint density at radius 1 is 1.16 bits per heavy atom. The second kappa shape index (κ2) is 6.78. The Balaban J connectivity index is 2.19. The maximum atomic E-state index is 11.5. The highest BCUT2D eigenvalue weighted by molar-refractivity contribution is 5.73. The molecule has 1 aliphatic carbocycles. The topological polar surface area (TPSA) is 67.4 Å². The highest BCUT2D eigenvalue weighted by Gasteiger charge is 2.23. The average molecular weight is 270 g/mol. The second-order valence-electron chi connectivity index (χ2n) is 6.30. The van der Waals surface area contributed by atoms with Crippen molar-refractivity contribution in [2.24, 2.45) is 5.92 Å². The van der Waals surface area contributed by atoms with Crippen LogP contribution in [-0.2, 0) is 9.53 Å². The van der Waals surface area contributed by atoms with Gasteiger partial charge in [0.15, 0.2) is 0 Å². The first-order valence-electron chi connectivity index (χ1n) is 7.00. The van der Waals surface area contributed by atoms with Crippen LogP contribution in [0.15, 0.2) is 0 Å². The summed E-state index contributed by atoms with van der Waals surface area (Å²) >= 11 is 0. The van der Waals surface area contributed by atoms with Gasteiger partial charge < -0.3 is 15.4 Å². The fourth-order valence-electron chi connectivity index (χ4n) is 2.34. The first-order chi connectivity index (χ1) is 8.76. The summed E-state index contributed by atoms with van der Waals surface area (Å²) in [5.74, 6) is 0.521. The van der Waals surface area contributed by atoms with Crippen LogP contribution >= 0.6 is 0 Å². The minimum absolute atomic E-state index is 0.0373. The Bertz CT molecular complexity index is 315. The van der Waals surface area contributed by atoms with Crippen molar-refractivity contribution in [3.05, 3.63) is 0 Å². The quantitative estimate of drug-likeness (QED) is 0.826. The summed E-state index contributed by atoms with van der Waals surface area (Å²) in [6.45, 7) is 7.76. The van der Waals surface area contributed by atoms with Crippen molar-refractivity contribution in [1.29, 1.82) is 0 Å². The van der Waals surface area contributed by atoms with Gasteiger partial charge in [-0.25, -0.2) is 4.79 Å². The van der Waals surface area contributed by atoms with Crippen LogP contribution in [0, 0.1) is 5.92 Å². The number of amides is 2. The van der Waals surface area contributed by atoms with E-state index in [0.717, 1.165) is 25.7 Å². The molecule has 0 aromatic carbocycles. The molecule has 0 saturated heterocycles. The van der Waals surface area contributed by atoms with Crippen molar-refractivity contribution in [2.45, 2.75) is 65.0 Å².